The molecule has 0 bridgehead atoms. The van der Waals surface area contributed by atoms with E-state index in [0.717, 1.165) is 25.7 Å². The van der Waals surface area contributed by atoms with Crippen LogP contribution in [0.1, 0.15) is 71.1 Å². The molecule has 1 saturated heterocycles. The van der Waals surface area contributed by atoms with E-state index in [0.29, 0.717) is 12.3 Å². The van der Waals surface area contributed by atoms with Crippen LogP contribution in [0.4, 0.5) is 0 Å². The van der Waals surface area contributed by atoms with Crippen LogP contribution in [-0.4, -0.2) is 52.2 Å². The Labute approximate surface area is 207 Å². The summed E-state index contributed by atoms with van der Waals surface area (Å²) in [6.07, 6.45) is 2.75. The molecule has 3 aliphatic carbocycles. The van der Waals surface area contributed by atoms with Gasteiger partial charge in [-0.15, -0.1) is 0 Å². The number of hydrogen-bond acceptors (Lipinski definition) is 5. The van der Waals surface area contributed by atoms with E-state index in [9.17, 15) is 15.0 Å². The number of para-hydroxylation sites is 1. The summed E-state index contributed by atoms with van der Waals surface area (Å²) >= 11 is 0. The molecule has 0 radical (unpaired) electrons. The lowest BCUT2D eigenvalue weighted by Crippen LogP contribution is -2.72. The number of hydrogen-bond donors (Lipinski definition) is 3. The quantitative estimate of drug-likeness (QED) is 0.558. The second kappa shape index (κ2) is 7.33. The van der Waals surface area contributed by atoms with Gasteiger partial charge in [0.2, 0.25) is 0 Å². The molecule has 35 heavy (non-hydrogen) atoms. The summed E-state index contributed by atoms with van der Waals surface area (Å²) in [4.78, 5) is 17.5. The van der Waals surface area contributed by atoms with Crippen molar-refractivity contribution in [3.63, 3.8) is 0 Å². The summed E-state index contributed by atoms with van der Waals surface area (Å²) in [5.41, 5.74) is 1.31. The summed E-state index contributed by atoms with van der Waals surface area (Å²) in [5, 5.41) is 23.8. The lowest BCUT2D eigenvalue weighted by atomic mass is 9.39. The average molecular weight is 482 g/mol. The van der Waals surface area contributed by atoms with E-state index in [4.69, 9.17) is 9.47 Å². The van der Waals surface area contributed by atoms with Crippen molar-refractivity contribution in [2.24, 2.45) is 22.7 Å². The van der Waals surface area contributed by atoms with Crippen LogP contribution in [0.3, 0.4) is 0 Å². The SMILES string of the molecule is COC(=O)C12C(O)C[C@@H](C(C)(C)O)O[C@H]1CC[C@@]1(C)[C@H]2CC[C@H]2Cc3c([nH]c4ccccc34)[C@@]21C. The molecular weight excluding hydrogens is 442 g/mol. The molecule has 0 spiro atoms. The Morgan fingerprint density at radius 1 is 1.20 bits per heavy atom. The number of aliphatic hydroxyl groups excluding tert-OH is 1. The molecule has 6 rings (SSSR count). The molecule has 1 aromatic heterocycles. The molecule has 6 nitrogen and oxygen atoms in total. The van der Waals surface area contributed by atoms with Crippen molar-refractivity contribution >= 4 is 16.9 Å². The largest absolute Gasteiger partial charge is 0.468 e. The first-order valence-electron chi connectivity index (χ1n) is 13.2. The Morgan fingerprint density at radius 3 is 2.66 bits per heavy atom. The van der Waals surface area contributed by atoms with Crippen molar-refractivity contribution < 1.29 is 24.5 Å². The molecule has 2 heterocycles. The molecule has 8 atom stereocenters. The number of esters is 1. The summed E-state index contributed by atoms with van der Waals surface area (Å²) in [6, 6.07) is 8.55. The number of benzene rings is 1. The summed E-state index contributed by atoms with van der Waals surface area (Å²) in [7, 11) is 1.42. The molecule has 1 aliphatic heterocycles. The number of ether oxygens (including phenoxy) is 2. The molecule has 2 unspecified atom stereocenters. The second-order valence-electron chi connectivity index (χ2n) is 12.7. The second-order valence-corrected chi connectivity index (χ2v) is 12.7. The van der Waals surface area contributed by atoms with E-state index >= 15 is 0 Å². The Balaban J connectivity index is 1.50. The van der Waals surface area contributed by atoms with E-state index in [1.807, 2.05) is 0 Å². The molecule has 3 fully saturated rings. The van der Waals surface area contributed by atoms with E-state index in [1.165, 1.54) is 29.3 Å². The van der Waals surface area contributed by atoms with Crippen LogP contribution in [0.2, 0.25) is 0 Å². The van der Waals surface area contributed by atoms with Crippen LogP contribution in [-0.2, 0) is 26.1 Å². The van der Waals surface area contributed by atoms with Crippen LogP contribution in [0.25, 0.3) is 10.9 Å². The number of aromatic amines is 1. The minimum atomic E-state index is -1.13. The minimum absolute atomic E-state index is 0.0856. The number of rotatable bonds is 2. The number of H-pyrrole nitrogens is 1. The lowest BCUT2D eigenvalue weighted by Gasteiger charge is -2.67. The first kappa shape index (κ1) is 23.5. The zero-order valence-electron chi connectivity index (χ0n) is 21.6. The number of aliphatic hydroxyl groups is 2. The van der Waals surface area contributed by atoms with Crippen molar-refractivity contribution in [2.75, 3.05) is 7.11 Å². The Bertz CT molecular complexity index is 1180. The summed E-state index contributed by atoms with van der Waals surface area (Å²) in [5.74, 6) is 0.0428. The predicted molar refractivity (Wildman–Crippen MR) is 133 cm³/mol. The highest BCUT2D eigenvalue weighted by Crippen LogP contribution is 2.71. The minimum Gasteiger partial charge on any atom is -0.468 e. The Kier molecular flexibility index (Phi) is 4.92. The van der Waals surface area contributed by atoms with Gasteiger partial charge in [-0.3, -0.25) is 4.79 Å². The third-order valence-electron chi connectivity index (χ3n) is 11.0. The molecule has 4 aliphatic rings. The number of fused-ring (bicyclic) bond motifs is 9. The number of methoxy groups -OCH3 is 1. The molecular formula is C29H39NO5. The van der Waals surface area contributed by atoms with Crippen LogP contribution in [0, 0.1) is 22.7 Å². The molecule has 2 aromatic rings. The zero-order chi connectivity index (χ0) is 25.0. The van der Waals surface area contributed by atoms with Crippen LogP contribution >= 0.6 is 0 Å². The fourth-order valence-electron chi connectivity index (χ4n) is 9.12. The van der Waals surface area contributed by atoms with Gasteiger partial charge in [0.25, 0.3) is 0 Å². The maximum Gasteiger partial charge on any atom is 0.317 e. The monoisotopic (exact) mass is 481 g/mol. The number of carbonyl (C=O) groups is 1. The summed E-state index contributed by atoms with van der Waals surface area (Å²) in [6.45, 7) is 8.17. The van der Waals surface area contributed by atoms with E-state index < -0.39 is 29.3 Å². The first-order chi connectivity index (χ1) is 16.5. The number of nitrogens with one attached hydrogen (secondary N) is 1. The summed E-state index contributed by atoms with van der Waals surface area (Å²) < 4.78 is 11.9. The highest BCUT2D eigenvalue weighted by atomic mass is 16.5. The highest BCUT2D eigenvalue weighted by molar-refractivity contribution is 5.86. The van der Waals surface area contributed by atoms with E-state index in [2.05, 4.69) is 43.1 Å². The van der Waals surface area contributed by atoms with E-state index in [1.54, 1.807) is 13.8 Å². The van der Waals surface area contributed by atoms with Crippen molar-refractivity contribution in [2.45, 2.75) is 95.5 Å². The first-order valence-corrected chi connectivity index (χ1v) is 13.2. The number of carbonyl (C=O) groups excluding carboxylic acids is 1. The Morgan fingerprint density at radius 2 is 1.94 bits per heavy atom. The van der Waals surface area contributed by atoms with Gasteiger partial charge in [0, 0.05) is 28.4 Å². The van der Waals surface area contributed by atoms with Gasteiger partial charge in [-0.25, -0.2) is 0 Å². The van der Waals surface area contributed by atoms with Gasteiger partial charge < -0.3 is 24.7 Å². The average Bonchev–Trinajstić information content (AvgIpc) is 3.32. The van der Waals surface area contributed by atoms with Crippen molar-refractivity contribution in [1.29, 1.82) is 0 Å². The van der Waals surface area contributed by atoms with Gasteiger partial charge >= 0.3 is 5.97 Å². The van der Waals surface area contributed by atoms with Crippen molar-refractivity contribution in [1.82, 2.24) is 4.98 Å². The topological polar surface area (TPSA) is 91.8 Å². The third-order valence-corrected chi connectivity index (χ3v) is 11.0. The van der Waals surface area contributed by atoms with Gasteiger partial charge in [0.05, 0.1) is 31.0 Å². The Hall–Kier alpha value is -1.89. The lowest BCUT2D eigenvalue weighted by molar-refractivity contribution is -0.284. The van der Waals surface area contributed by atoms with Gasteiger partial charge in [-0.1, -0.05) is 32.0 Å². The molecule has 190 valence electrons. The highest BCUT2D eigenvalue weighted by Gasteiger charge is 2.73. The molecule has 6 heteroatoms. The zero-order valence-corrected chi connectivity index (χ0v) is 21.6. The maximum atomic E-state index is 13.7. The van der Waals surface area contributed by atoms with Crippen LogP contribution in [0.5, 0.6) is 0 Å². The van der Waals surface area contributed by atoms with Crippen LogP contribution in [0.15, 0.2) is 24.3 Å². The molecule has 2 saturated carbocycles. The normalized spacial score (nSPS) is 42.7. The van der Waals surface area contributed by atoms with Gasteiger partial charge in [-0.05, 0) is 74.8 Å². The predicted octanol–water partition coefficient (Wildman–Crippen LogP) is 4.26. The number of aromatic nitrogens is 1. The van der Waals surface area contributed by atoms with E-state index in [-0.39, 0.29) is 29.1 Å². The fraction of sp³-hybridized carbons (Fsp3) is 0.690. The van der Waals surface area contributed by atoms with Gasteiger partial charge in [0.15, 0.2) is 0 Å². The maximum absolute atomic E-state index is 13.7. The van der Waals surface area contributed by atoms with Crippen LogP contribution < -0.4 is 0 Å². The molecule has 0 amide bonds. The fourth-order valence-corrected chi connectivity index (χ4v) is 9.12. The molecule has 1 aromatic carbocycles. The smallest absolute Gasteiger partial charge is 0.317 e. The third kappa shape index (κ3) is 2.74. The standard InChI is InChI=1S/C29H39NO5/c1-26(2,33)23-15-21(31)29(25(32)34-5)20-11-10-16-14-18-17-8-6-7-9-19(17)30-24(18)28(16,4)27(20,3)13-12-22(29)35-23/h6-9,16,20-23,30-31,33H,10-15H2,1-5H3/t16-,20+,21?,22-,23-,27-,28+,29?/m0/s1. The van der Waals surface area contributed by atoms with Crippen molar-refractivity contribution in [3.8, 4) is 0 Å². The van der Waals surface area contributed by atoms with Gasteiger partial charge in [0.1, 0.15) is 5.41 Å². The van der Waals surface area contributed by atoms with Gasteiger partial charge in [-0.2, -0.15) is 0 Å². The van der Waals surface area contributed by atoms with Crippen molar-refractivity contribution in [3.05, 3.63) is 35.5 Å². The molecule has 3 N–H and O–H groups in total.